The van der Waals surface area contributed by atoms with E-state index in [-0.39, 0.29) is 34.6 Å². The highest BCUT2D eigenvalue weighted by Gasteiger charge is 2.48. The molecule has 2 aromatic heterocycles. The monoisotopic (exact) mass is 373 g/mol. The molecule has 0 radical (unpaired) electrons. The molecule has 0 aliphatic heterocycles. The van der Waals surface area contributed by atoms with E-state index >= 15 is 0 Å². The van der Waals surface area contributed by atoms with Crippen LogP contribution in [0.5, 0.6) is 0 Å². The van der Waals surface area contributed by atoms with E-state index < -0.39 is 5.97 Å². The van der Waals surface area contributed by atoms with Crippen molar-refractivity contribution in [2.24, 2.45) is 5.92 Å². The molecule has 4 rings (SSSR count). The van der Waals surface area contributed by atoms with Crippen LogP contribution in [-0.4, -0.2) is 32.6 Å². The Bertz CT molecular complexity index is 968. The van der Waals surface area contributed by atoms with Crippen molar-refractivity contribution in [1.82, 2.24) is 14.6 Å². The van der Waals surface area contributed by atoms with Gasteiger partial charge in [0.05, 0.1) is 12.0 Å². The predicted molar refractivity (Wildman–Crippen MR) is 98.7 cm³/mol. The van der Waals surface area contributed by atoms with Crippen LogP contribution < -0.4 is 5.56 Å². The quantitative estimate of drug-likeness (QED) is 0.660. The van der Waals surface area contributed by atoms with Crippen LogP contribution in [0.1, 0.15) is 42.4 Å². The molecule has 0 amide bonds. The van der Waals surface area contributed by atoms with Crippen LogP contribution in [0.15, 0.2) is 41.2 Å². The van der Waals surface area contributed by atoms with Gasteiger partial charge in [-0.05, 0) is 19.8 Å². The molecule has 6 nitrogen and oxygen atoms in total. The Kier molecular flexibility index (Phi) is 4.23. The summed E-state index contributed by atoms with van der Waals surface area (Å²) in [5, 5.41) is 3.10. The molecule has 2 aliphatic rings. The first-order chi connectivity index (χ1) is 12.5. The second-order valence-electron chi connectivity index (χ2n) is 6.81. The molecular weight excluding hydrogens is 354 g/mol. The van der Waals surface area contributed by atoms with Crippen molar-refractivity contribution in [3.63, 3.8) is 0 Å². The van der Waals surface area contributed by atoms with Gasteiger partial charge in [0.25, 0.3) is 5.56 Å². The van der Waals surface area contributed by atoms with Gasteiger partial charge < -0.3 is 4.74 Å². The summed E-state index contributed by atoms with van der Waals surface area (Å²) in [6.45, 7) is 1.95. The first-order valence-electron chi connectivity index (χ1n) is 8.84. The number of fused-ring (bicyclic) bond motifs is 1. The summed E-state index contributed by atoms with van der Waals surface area (Å²) >= 11 is 6.56. The van der Waals surface area contributed by atoms with Crippen molar-refractivity contribution in [2.75, 3.05) is 6.61 Å². The molecule has 0 spiro atoms. The van der Waals surface area contributed by atoms with E-state index in [9.17, 15) is 9.59 Å². The van der Waals surface area contributed by atoms with Crippen molar-refractivity contribution < 1.29 is 9.53 Å². The van der Waals surface area contributed by atoms with E-state index in [2.05, 4.69) is 16.2 Å². The lowest BCUT2D eigenvalue weighted by Crippen LogP contribution is -2.45. The smallest absolute Gasteiger partial charge is 0.357 e. The number of aromatic amines is 1. The van der Waals surface area contributed by atoms with Crippen LogP contribution in [0.3, 0.4) is 0 Å². The molecule has 0 aromatic carbocycles. The fourth-order valence-corrected chi connectivity index (χ4v) is 4.37. The Morgan fingerprint density at radius 1 is 1.38 bits per heavy atom. The normalized spacial score (nSPS) is 23.8. The Hall–Kier alpha value is -2.34. The number of H-pyrrole nitrogens is 1. The number of aromatic nitrogens is 3. The van der Waals surface area contributed by atoms with Crippen LogP contribution in [0.2, 0.25) is 0 Å². The summed E-state index contributed by atoms with van der Waals surface area (Å²) in [7, 11) is 0. The Balaban J connectivity index is 1.78. The highest BCUT2D eigenvalue weighted by Crippen LogP contribution is 2.52. The lowest BCUT2D eigenvalue weighted by atomic mass is 9.58. The zero-order chi connectivity index (χ0) is 18.3. The van der Waals surface area contributed by atoms with Crippen LogP contribution in [0, 0.1) is 5.92 Å². The van der Waals surface area contributed by atoms with E-state index in [1.807, 2.05) is 24.3 Å². The molecule has 2 heterocycles. The Labute approximate surface area is 155 Å². The number of hydrogen-bond donors (Lipinski definition) is 1. The van der Waals surface area contributed by atoms with Gasteiger partial charge in [-0.2, -0.15) is 0 Å². The summed E-state index contributed by atoms with van der Waals surface area (Å²) in [5.41, 5.74) is 0.909. The molecule has 2 atom stereocenters. The van der Waals surface area contributed by atoms with Crippen molar-refractivity contribution in [1.29, 1.82) is 0 Å². The average Bonchev–Trinajstić information content (AvgIpc) is 3.00. The SMILES string of the molecule is CCOC(=O)c1cc(=O)n2[nH]c(C3(C4C=CC=CC4Cl)CCC3)cc2n1. The number of halogens is 1. The van der Waals surface area contributed by atoms with Gasteiger partial charge in [-0.15, -0.1) is 11.6 Å². The first kappa shape index (κ1) is 17.1. The summed E-state index contributed by atoms with van der Waals surface area (Å²) in [6.07, 6.45) is 11.2. The third kappa shape index (κ3) is 2.60. The molecule has 0 saturated heterocycles. The maximum Gasteiger partial charge on any atom is 0.357 e. The van der Waals surface area contributed by atoms with Gasteiger partial charge in [0.2, 0.25) is 0 Å². The highest BCUT2D eigenvalue weighted by molar-refractivity contribution is 6.22. The van der Waals surface area contributed by atoms with Gasteiger partial charge in [-0.1, -0.05) is 30.7 Å². The predicted octanol–water partition coefficient (Wildman–Crippen LogP) is 2.97. The average molecular weight is 374 g/mol. The number of rotatable bonds is 4. The topological polar surface area (TPSA) is 76.5 Å². The van der Waals surface area contributed by atoms with E-state index in [4.69, 9.17) is 16.3 Å². The van der Waals surface area contributed by atoms with Crippen molar-refractivity contribution in [3.8, 4) is 0 Å². The first-order valence-corrected chi connectivity index (χ1v) is 9.28. The number of allylic oxidation sites excluding steroid dienone is 4. The number of nitrogens with zero attached hydrogens (tertiary/aromatic N) is 2. The summed E-state index contributed by atoms with van der Waals surface area (Å²) < 4.78 is 6.33. The maximum atomic E-state index is 12.4. The van der Waals surface area contributed by atoms with E-state index in [0.717, 1.165) is 25.0 Å². The van der Waals surface area contributed by atoms with Crippen LogP contribution in [0.4, 0.5) is 0 Å². The van der Waals surface area contributed by atoms with Crippen LogP contribution in [0.25, 0.3) is 5.65 Å². The molecule has 1 N–H and O–H groups in total. The van der Waals surface area contributed by atoms with Gasteiger partial charge in [-0.25, -0.2) is 14.3 Å². The molecule has 2 aromatic rings. The van der Waals surface area contributed by atoms with E-state index in [1.165, 1.54) is 10.6 Å². The largest absolute Gasteiger partial charge is 0.461 e. The van der Waals surface area contributed by atoms with Gasteiger partial charge >= 0.3 is 5.97 Å². The number of hydrogen-bond acceptors (Lipinski definition) is 4. The summed E-state index contributed by atoms with van der Waals surface area (Å²) in [4.78, 5) is 28.7. The third-order valence-electron chi connectivity index (χ3n) is 5.42. The van der Waals surface area contributed by atoms with Crippen molar-refractivity contribution in [2.45, 2.75) is 37.0 Å². The lowest BCUT2D eigenvalue weighted by Gasteiger charge is -2.47. The zero-order valence-electron chi connectivity index (χ0n) is 14.4. The molecule has 7 heteroatoms. The minimum Gasteiger partial charge on any atom is -0.461 e. The van der Waals surface area contributed by atoms with Gasteiger partial charge in [0.1, 0.15) is 0 Å². The van der Waals surface area contributed by atoms with Crippen LogP contribution in [-0.2, 0) is 10.2 Å². The van der Waals surface area contributed by atoms with E-state index in [0.29, 0.717) is 5.65 Å². The standard InChI is InChI=1S/C19H20ClN3O3/c1-2-26-18(25)14-10-17(24)23-16(21-14)11-15(22-23)19(8-5-9-19)12-6-3-4-7-13(12)20/h3-4,6-7,10-13,22H,2,5,8-9H2,1H3. The molecular formula is C19H20ClN3O3. The third-order valence-corrected chi connectivity index (χ3v) is 5.84. The summed E-state index contributed by atoms with van der Waals surface area (Å²) in [6, 6.07) is 3.06. The summed E-state index contributed by atoms with van der Waals surface area (Å²) in [5.74, 6) is -0.439. The molecule has 26 heavy (non-hydrogen) atoms. The van der Waals surface area contributed by atoms with Crippen molar-refractivity contribution in [3.05, 3.63) is 58.2 Å². The molecule has 1 fully saturated rings. The number of alkyl halides is 1. The molecule has 2 aliphatic carbocycles. The highest BCUT2D eigenvalue weighted by atomic mass is 35.5. The minimum atomic E-state index is -0.589. The number of carbonyl (C=O) groups excluding carboxylic acids is 1. The second kappa shape index (κ2) is 6.43. The maximum absolute atomic E-state index is 12.4. The van der Waals surface area contributed by atoms with Gasteiger partial charge in [0, 0.05) is 29.2 Å². The molecule has 2 unspecified atom stereocenters. The number of ether oxygens (including phenoxy) is 1. The zero-order valence-corrected chi connectivity index (χ0v) is 15.2. The molecule has 1 saturated carbocycles. The van der Waals surface area contributed by atoms with Gasteiger partial charge in [-0.3, -0.25) is 9.89 Å². The fourth-order valence-electron chi connectivity index (χ4n) is 3.96. The molecule has 0 bridgehead atoms. The second-order valence-corrected chi connectivity index (χ2v) is 7.32. The number of nitrogens with one attached hydrogen (secondary N) is 1. The van der Waals surface area contributed by atoms with Crippen molar-refractivity contribution >= 4 is 23.2 Å². The Morgan fingerprint density at radius 3 is 2.81 bits per heavy atom. The fraction of sp³-hybridized carbons (Fsp3) is 0.421. The van der Waals surface area contributed by atoms with Gasteiger partial charge in [0.15, 0.2) is 11.3 Å². The molecule has 136 valence electrons. The number of esters is 1. The Morgan fingerprint density at radius 2 is 2.15 bits per heavy atom. The number of carbonyl (C=O) groups is 1. The van der Waals surface area contributed by atoms with Crippen LogP contribution >= 0.6 is 11.6 Å². The minimum absolute atomic E-state index is 0.0285. The van der Waals surface area contributed by atoms with E-state index in [1.54, 1.807) is 6.92 Å². The lowest BCUT2D eigenvalue weighted by molar-refractivity contribution is 0.0519.